The molecule has 2 nitrogen and oxygen atoms in total. The highest BCUT2D eigenvalue weighted by atomic mass is 19.3. The van der Waals surface area contributed by atoms with Crippen LogP contribution in [0.3, 0.4) is 0 Å². The van der Waals surface area contributed by atoms with Gasteiger partial charge < -0.3 is 9.47 Å². The Hall–Kier alpha value is -2.88. The molecule has 0 aliphatic rings. The molecule has 1 atom stereocenters. The molecule has 0 saturated heterocycles. The van der Waals surface area contributed by atoms with Gasteiger partial charge in [0.15, 0.2) is 0 Å². The third kappa shape index (κ3) is 6.58. The summed E-state index contributed by atoms with van der Waals surface area (Å²) in [6.07, 6.45) is 3.02. The molecule has 0 aromatic heterocycles. The van der Waals surface area contributed by atoms with Gasteiger partial charge in [0.25, 0.3) is 0 Å². The zero-order chi connectivity index (χ0) is 21.3. The third-order valence-corrected chi connectivity index (χ3v) is 5.20. The molecule has 0 bridgehead atoms. The topological polar surface area (TPSA) is 18.5 Å². The summed E-state index contributed by atoms with van der Waals surface area (Å²) in [4.78, 5) is 0. The van der Waals surface area contributed by atoms with Crippen molar-refractivity contribution in [2.45, 2.75) is 45.6 Å². The van der Waals surface area contributed by atoms with Crippen molar-refractivity contribution in [3.63, 3.8) is 0 Å². The minimum absolute atomic E-state index is 0.200. The Labute approximate surface area is 177 Å². The Morgan fingerprint density at radius 3 is 2.13 bits per heavy atom. The van der Waals surface area contributed by atoms with E-state index in [0.29, 0.717) is 11.8 Å². The van der Waals surface area contributed by atoms with Crippen molar-refractivity contribution in [3.8, 4) is 17.2 Å². The van der Waals surface area contributed by atoms with Crippen molar-refractivity contribution in [1.29, 1.82) is 0 Å². The molecule has 0 aliphatic carbocycles. The number of ether oxygens (including phenoxy) is 2. The lowest BCUT2D eigenvalue weighted by molar-refractivity contribution is -0.0498. The first-order valence-corrected chi connectivity index (χ1v) is 10.4. The van der Waals surface area contributed by atoms with Crippen LogP contribution in [0.4, 0.5) is 8.78 Å². The van der Waals surface area contributed by atoms with Crippen LogP contribution in [0.5, 0.6) is 17.2 Å². The lowest BCUT2D eigenvalue weighted by Crippen LogP contribution is -2.08. The number of hydrogen-bond acceptors (Lipinski definition) is 2. The zero-order valence-corrected chi connectivity index (χ0v) is 17.4. The van der Waals surface area contributed by atoms with Crippen LogP contribution < -0.4 is 9.47 Å². The molecule has 0 heterocycles. The Bertz CT molecular complexity index is 892. The molecule has 0 N–H and O–H groups in total. The molecule has 0 aliphatic heterocycles. The first-order chi connectivity index (χ1) is 14.5. The van der Waals surface area contributed by atoms with Crippen LogP contribution in [0.2, 0.25) is 0 Å². The van der Waals surface area contributed by atoms with Gasteiger partial charge in [-0.2, -0.15) is 8.78 Å². The van der Waals surface area contributed by atoms with Crippen LogP contribution in [0, 0.1) is 5.92 Å². The maximum atomic E-state index is 12.4. The highest BCUT2D eigenvalue weighted by molar-refractivity contribution is 5.34. The zero-order valence-electron chi connectivity index (χ0n) is 17.4. The van der Waals surface area contributed by atoms with E-state index in [2.05, 4.69) is 30.7 Å². The van der Waals surface area contributed by atoms with E-state index in [-0.39, 0.29) is 5.75 Å². The van der Waals surface area contributed by atoms with Crippen LogP contribution in [0.25, 0.3) is 0 Å². The molecule has 4 heteroatoms. The molecule has 0 amide bonds. The Kier molecular flexibility index (Phi) is 7.83. The number of halogens is 2. The fourth-order valence-electron chi connectivity index (χ4n) is 3.70. The van der Waals surface area contributed by atoms with Gasteiger partial charge in [-0.15, -0.1) is 0 Å². The maximum Gasteiger partial charge on any atom is 0.387 e. The Balaban J connectivity index is 1.57. The summed E-state index contributed by atoms with van der Waals surface area (Å²) in [5, 5.41) is 0. The molecule has 3 rings (SSSR count). The molecule has 0 fully saturated rings. The molecular weight excluding hydrogens is 382 g/mol. The molecular formula is C26H28F2O2. The van der Waals surface area contributed by atoms with Gasteiger partial charge >= 0.3 is 6.61 Å². The molecule has 158 valence electrons. The quantitative estimate of drug-likeness (QED) is 0.339. The van der Waals surface area contributed by atoms with Crippen molar-refractivity contribution in [2.24, 2.45) is 5.92 Å². The van der Waals surface area contributed by atoms with Crippen LogP contribution >= 0.6 is 0 Å². The average molecular weight is 411 g/mol. The lowest BCUT2D eigenvalue weighted by Gasteiger charge is -2.22. The number of rotatable bonds is 10. The number of hydrogen-bond donors (Lipinski definition) is 0. The SMILES string of the molecule is CC(C)C(CCCc1cccc(Oc2ccccc2)c1)c1ccc(OC(F)F)cc1. The van der Waals surface area contributed by atoms with Gasteiger partial charge in [-0.3, -0.25) is 0 Å². The summed E-state index contributed by atoms with van der Waals surface area (Å²) in [6, 6.07) is 25.0. The predicted octanol–water partition coefficient (Wildman–Crippen LogP) is 7.84. The smallest absolute Gasteiger partial charge is 0.387 e. The summed E-state index contributed by atoms with van der Waals surface area (Å²) < 4.78 is 35.1. The van der Waals surface area contributed by atoms with E-state index in [4.69, 9.17) is 4.74 Å². The van der Waals surface area contributed by atoms with Crippen LogP contribution in [0.1, 0.15) is 43.7 Å². The standard InChI is InChI=1S/C26H28F2O2/c1-19(2)25(21-14-16-23(17-15-21)30-26(27)28)13-7-9-20-8-6-12-24(18-20)29-22-10-4-3-5-11-22/h3-6,8,10-12,14-19,25-26H,7,9,13H2,1-2H3. The number of aryl methyl sites for hydroxylation is 1. The molecule has 0 radical (unpaired) electrons. The number of para-hydroxylation sites is 1. The second-order valence-electron chi connectivity index (χ2n) is 7.75. The summed E-state index contributed by atoms with van der Waals surface area (Å²) >= 11 is 0. The second kappa shape index (κ2) is 10.8. The average Bonchev–Trinajstić information content (AvgIpc) is 2.72. The van der Waals surface area contributed by atoms with Crippen LogP contribution in [-0.4, -0.2) is 6.61 Å². The molecule has 3 aromatic rings. The molecule has 0 saturated carbocycles. The van der Waals surface area contributed by atoms with Gasteiger partial charge in [0.05, 0.1) is 0 Å². The van der Waals surface area contributed by atoms with Crippen molar-refractivity contribution in [2.75, 3.05) is 0 Å². The fourth-order valence-corrected chi connectivity index (χ4v) is 3.70. The van der Waals surface area contributed by atoms with Gasteiger partial charge in [-0.25, -0.2) is 0 Å². The van der Waals surface area contributed by atoms with Gasteiger partial charge in [0.1, 0.15) is 17.2 Å². The van der Waals surface area contributed by atoms with E-state index in [1.54, 1.807) is 12.1 Å². The Morgan fingerprint density at radius 2 is 1.47 bits per heavy atom. The number of alkyl halides is 2. The van der Waals surface area contributed by atoms with E-state index in [9.17, 15) is 8.78 Å². The molecule has 1 unspecified atom stereocenters. The minimum Gasteiger partial charge on any atom is -0.457 e. The van der Waals surface area contributed by atoms with E-state index in [0.717, 1.165) is 36.3 Å². The van der Waals surface area contributed by atoms with Crippen molar-refractivity contribution < 1.29 is 18.3 Å². The number of benzene rings is 3. The van der Waals surface area contributed by atoms with E-state index in [1.807, 2.05) is 54.6 Å². The van der Waals surface area contributed by atoms with Gasteiger partial charge in [0, 0.05) is 0 Å². The van der Waals surface area contributed by atoms with Crippen LogP contribution in [-0.2, 0) is 6.42 Å². The summed E-state index contributed by atoms with van der Waals surface area (Å²) in [5.41, 5.74) is 2.40. The predicted molar refractivity (Wildman–Crippen MR) is 117 cm³/mol. The van der Waals surface area contributed by atoms with Crippen molar-refractivity contribution in [1.82, 2.24) is 0 Å². The van der Waals surface area contributed by atoms with Gasteiger partial charge in [-0.1, -0.05) is 56.3 Å². The minimum atomic E-state index is -2.79. The second-order valence-corrected chi connectivity index (χ2v) is 7.75. The highest BCUT2D eigenvalue weighted by Crippen LogP contribution is 2.31. The largest absolute Gasteiger partial charge is 0.457 e. The van der Waals surface area contributed by atoms with Crippen molar-refractivity contribution in [3.05, 3.63) is 90.0 Å². The monoisotopic (exact) mass is 410 g/mol. The summed E-state index contributed by atoms with van der Waals surface area (Å²) in [5.74, 6) is 2.70. The lowest BCUT2D eigenvalue weighted by atomic mass is 9.84. The maximum absolute atomic E-state index is 12.4. The highest BCUT2D eigenvalue weighted by Gasteiger charge is 2.16. The fraction of sp³-hybridized carbons (Fsp3) is 0.308. The first-order valence-electron chi connectivity index (χ1n) is 10.4. The van der Waals surface area contributed by atoms with E-state index >= 15 is 0 Å². The first kappa shape index (κ1) is 21.8. The molecule has 0 spiro atoms. The summed E-state index contributed by atoms with van der Waals surface area (Å²) in [7, 11) is 0. The normalized spacial score (nSPS) is 12.2. The third-order valence-electron chi connectivity index (χ3n) is 5.20. The molecule has 3 aromatic carbocycles. The van der Waals surface area contributed by atoms with E-state index in [1.165, 1.54) is 5.56 Å². The van der Waals surface area contributed by atoms with Crippen molar-refractivity contribution >= 4 is 0 Å². The van der Waals surface area contributed by atoms with Gasteiger partial charge in [0.2, 0.25) is 0 Å². The molecule has 30 heavy (non-hydrogen) atoms. The van der Waals surface area contributed by atoms with E-state index < -0.39 is 6.61 Å². The van der Waals surface area contributed by atoms with Gasteiger partial charge in [-0.05, 0) is 78.6 Å². The Morgan fingerprint density at radius 1 is 0.767 bits per heavy atom. The van der Waals surface area contributed by atoms with Crippen LogP contribution in [0.15, 0.2) is 78.9 Å². The summed E-state index contributed by atoms with van der Waals surface area (Å²) in [6.45, 7) is 1.60.